The van der Waals surface area contributed by atoms with Crippen molar-refractivity contribution in [3.05, 3.63) is 41.5 Å². The number of nitrogens with zero attached hydrogens (tertiary/aromatic N) is 2. The van der Waals surface area contributed by atoms with Gasteiger partial charge in [0.1, 0.15) is 0 Å². The zero-order chi connectivity index (χ0) is 14.4. The Labute approximate surface area is 122 Å². The van der Waals surface area contributed by atoms with Crippen LogP contribution in [0.1, 0.15) is 29.7 Å². The normalized spacial score (nSPS) is 12.6. The molecule has 2 rings (SSSR count). The summed E-state index contributed by atoms with van der Waals surface area (Å²) in [6.45, 7) is 2.67. The van der Waals surface area contributed by atoms with Crippen molar-refractivity contribution in [1.82, 2.24) is 10.1 Å². The maximum Gasteiger partial charge on any atom is 0.243 e. The van der Waals surface area contributed by atoms with Crippen molar-refractivity contribution in [3.8, 4) is 0 Å². The van der Waals surface area contributed by atoms with E-state index in [1.54, 1.807) is 18.9 Å². The first-order valence-corrected chi connectivity index (χ1v) is 7.44. The summed E-state index contributed by atoms with van der Waals surface area (Å²) in [6, 6.07) is 7.97. The van der Waals surface area contributed by atoms with E-state index in [1.165, 1.54) is 10.5 Å². The number of ether oxygens (including phenoxy) is 1. The molecule has 0 spiro atoms. The highest BCUT2D eigenvalue weighted by Crippen LogP contribution is 2.25. The van der Waals surface area contributed by atoms with E-state index in [0.717, 1.165) is 0 Å². The van der Waals surface area contributed by atoms with Gasteiger partial charge in [0.25, 0.3) is 0 Å². The molecule has 1 aromatic heterocycles. The van der Waals surface area contributed by atoms with Crippen LogP contribution in [0.3, 0.4) is 0 Å². The Hall–Kier alpha value is -1.37. The molecule has 5 nitrogen and oxygen atoms in total. The summed E-state index contributed by atoms with van der Waals surface area (Å²) >= 11 is 1.69. The van der Waals surface area contributed by atoms with Crippen LogP contribution in [0.5, 0.6) is 0 Å². The Morgan fingerprint density at radius 2 is 2.20 bits per heavy atom. The van der Waals surface area contributed by atoms with Crippen LogP contribution in [-0.2, 0) is 10.5 Å². The molecule has 0 aliphatic rings. The van der Waals surface area contributed by atoms with Gasteiger partial charge in [-0.3, -0.25) is 0 Å². The predicted octanol–water partition coefficient (Wildman–Crippen LogP) is 2.71. The average molecular weight is 293 g/mol. The molecule has 2 aromatic rings. The zero-order valence-corrected chi connectivity index (χ0v) is 12.5. The molecule has 0 saturated carbocycles. The van der Waals surface area contributed by atoms with E-state index in [-0.39, 0.29) is 6.04 Å². The maximum absolute atomic E-state index is 5.94. The van der Waals surface area contributed by atoms with Crippen molar-refractivity contribution < 1.29 is 9.26 Å². The lowest BCUT2D eigenvalue weighted by molar-refractivity contribution is 0.182. The molecule has 1 unspecified atom stereocenters. The molecule has 1 aromatic carbocycles. The van der Waals surface area contributed by atoms with Gasteiger partial charge in [-0.1, -0.05) is 23.4 Å². The van der Waals surface area contributed by atoms with E-state index in [0.29, 0.717) is 30.5 Å². The predicted molar refractivity (Wildman–Crippen MR) is 78.5 cm³/mol. The number of aryl methyl sites for hydroxylation is 1. The molecule has 0 amide bonds. The van der Waals surface area contributed by atoms with E-state index < -0.39 is 0 Å². The van der Waals surface area contributed by atoms with Crippen LogP contribution in [0.4, 0.5) is 0 Å². The topological polar surface area (TPSA) is 74.2 Å². The number of thioether (sulfide) groups is 1. The third kappa shape index (κ3) is 4.06. The second-order valence-electron chi connectivity index (χ2n) is 4.49. The number of hydrogen-bond donors (Lipinski definition) is 1. The number of hydrogen-bond acceptors (Lipinski definition) is 6. The van der Waals surface area contributed by atoms with Crippen LogP contribution in [0.2, 0.25) is 0 Å². The van der Waals surface area contributed by atoms with Gasteiger partial charge in [0.05, 0.1) is 11.8 Å². The third-order valence-corrected chi connectivity index (χ3v) is 4.06. The Kier molecular flexibility index (Phi) is 5.58. The van der Waals surface area contributed by atoms with Crippen molar-refractivity contribution in [1.29, 1.82) is 0 Å². The molecule has 0 aliphatic heterocycles. The third-order valence-electron chi connectivity index (χ3n) is 2.88. The van der Waals surface area contributed by atoms with Crippen LogP contribution in [0.15, 0.2) is 33.7 Å². The zero-order valence-electron chi connectivity index (χ0n) is 11.7. The van der Waals surface area contributed by atoms with Crippen LogP contribution < -0.4 is 5.73 Å². The number of rotatable bonds is 7. The van der Waals surface area contributed by atoms with Gasteiger partial charge in [-0.05, 0) is 25.0 Å². The van der Waals surface area contributed by atoms with Gasteiger partial charge in [0.15, 0.2) is 5.82 Å². The van der Waals surface area contributed by atoms with Gasteiger partial charge >= 0.3 is 0 Å². The van der Waals surface area contributed by atoms with Gasteiger partial charge in [0, 0.05) is 18.6 Å². The Bertz CT molecular complexity index is 545. The second-order valence-corrected chi connectivity index (χ2v) is 5.51. The molecule has 20 heavy (non-hydrogen) atoms. The van der Waals surface area contributed by atoms with Crippen LogP contribution in [-0.4, -0.2) is 23.9 Å². The second kappa shape index (κ2) is 7.42. The van der Waals surface area contributed by atoms with Gasteiger partial charge in [0.2, 0.25) is 5.89 Å². The molecule has 0 fully saturated rings. The van der Waals surface area contributed by atoms with E-state index >= 15 is 0 Å². The number of nitrogens with two attached hydrogens (primary N) is 1. The van der Waals surface area contributed by atoms with E-state index in [1.807, 2.05) is 12.1 Å². The largest absolute Gasteiger partial charge is 0.385 e. The highest BCUT2D eigenvalue weighted by molar-refractivity contribution is 7.98. The van der Waals surface area contributed by atoms with Crippen molar-refractivity contribution in [2.75, 3.05) is 13.7 Å². The van der Waals surface area contributed by atoms with Gasteiger partial charge in [-0.2, -0.15) is 4.98 Å². The lowest BCUT2D eigenvalue weighted by atomic mass is 10.2. The first-order chi connectivity index (χ1) is 9.70. The lowest BCUT2D eigenvalue weighted by Crippen LogP contribution is -2.13. The van der Waals surface area contributed by atoms with Crippen molar-refractivity contribution in [3.63, 3.8) is 0 Å². The van der Waals surface area contributed by atoms with Gasteiger partial charge in [-0.15, -0.1) is 11.8 Å². The summed E-state index contributed by atoms with van der Waals surface area (Å²) in [4.78, 5) is 5.55. The number of benzene rings is 1. The highest BCUT2D eigenvalue weighted by Gasteiger charge is 2.14. The first-order valence-electron chi connectivity index (χ1n) is 6.46. The molecular formula is C14H19N3O2S. The molecule has 1 heterocycles. The number of aromatic nitrogens is 2. The fourth-order valence-corrected chi connectivity index (χ4v) is 2.58. The van der Waals surface area contributed by atoms with Crippen molar-refractivity contribution >= 4 is 11.8 Å². The SMILES string of the molecule is COCCC(N)c1nc(CSc2ccccc2C)no1. The molecule has 0 aliphatic carbocycles. The van der Waals surface area contributed by atoms with Gasteiger partial charge < -0.3 is 15.0 Å². The van der Waals surface area contributed by atoms with Crippen molar-refractivity contribution in [2.45, 2.75) is 30.0 Å². The summed E-state index contributed by atoms with van der Waals surface area (Å²) in [5, 5.41) is 3.96. The van der Waals surface area contributed by atoms with Crippen LogP contribution in [0.25, 0.3) is 0 Å². The summed E-state index contributed by atoms with van der Waals surface area (Å²) in [6.07, 6.45) is 0.670. The molecular weight excluding hydrogens is 274 g/mol. The molecule has 2 N–H and O–H groups in total. The highest BCUT2D eigenvalue weighted by atomic mass is 32.2. The Balaban J connectivity index is 1.91. The van der Waals surface area contributed by atoms with Gasteiger partial charge in [-0.25, -0.2) is 0 Å². The standard InChI is InChI=1S/C14H19N3O2S/c1-10-5-3-4-6-12(10)20-9-13-16-14(19-17-13)11(15)7-8-18-2/h3-6,11H,7-9,15H2,1-2H3. The summed E-state index contributed by atoms with van der Waals surface area (Å²) in [5.74, 6) is 1.81. The maximum atomic E-state index is 5.94. The molecule has 0 saturated heterocycles. The lowest BCUT2D eigenvalue weighted by Gasteiger charge is -2.04. The first kappa shape index (κ1) is 15.0. The molecule has 1 atom stereocenters. The molecule has 108 valence electrons. The van der Waals surface area contributed by atoms with E-state index in [2.05, 4.69) is 29.2 Å². The minimum absolute atomic E-state index is 0.264. The minimum Gasteiger partial charge on any atom is -0.385 e. The Morgan fingerprint density at radius 1 is 1.40 bits per heavy atom. The summed E-state index contributed by atoms with van der Waals surface area (Å²) < 4.78 is 10.2. The van der Waals surface area contributed by atoms with Crippen LogP contribution in [0, 0.1) is 6.92 Å². The minimum atomic E-state index is -0.264. The number of methoxy groups -OCH3 is 1. The fraction of sp³-hybridized carbons (Fsp3) is 0.429. The quantitative estimate of drug-likeness (QED) is 0.791. The van der Waals surface area contributed by atoms with Crippen molar-refractivity contribution in [2.24, 2.45) is 5.73 Å². The molecule has 0 radical (unpaired) electrons. The smallest absolute Gasteiger partial charge is 0.243 e. The Morgan fingerprint density at radius 3 is 2.95 bits per heavy atom. The summed E-state index contributed by atoms with van der Waals surface area (Å²) in [7, 11) is 1.64. The monoisotopic (exact) mass is 293 g/mol. The van der Waals surface area contributed by atoms with E-state index in [4.69, 9.17) is 15.0 Å². The molecule has 0 bridgehead atoms. The van der Waals surface area contributed by atoms with Crippen LogP contribution >= 0.6 is 11.8 Å². The van der Waals surface area contributed by atoms with E-state index in [9.17, 15) is 0 Å². The fourth-order valence-electron chi connectivity index (χ4n) is 1.71. The summed E-state index contributed by atoms with van der Waals surface area (Å²) in [5.41, 5.74) is 7.19. The molecule has 6 heteroatoms. The average Bonchev–Trinajstić information content (AvgIpc) is 2.93.